The van der Waals surface area contributed by atoms with Crippen molar-refractivity contribution in [2.24, 2.45) is 17.6 Å². The van der Waals surface area contributed by atoms with Crippen LogP contribution in [0.15, 0.2) is 12.2 Å². The first kappa shape index (κ1) is 12.2. The average Bonchev–Trinajstić information content (AvgIpc) is 2.55. The van der Waals surface area contributed by atoms with E-state index in [1.54, 1.807) is 0 Å². The van der Waals surface area contributed by atoms with Crippen molar-refractivity contribution >= 4 is 11.8 Å². The summed E-state index contributed by atoms with van der Waals surface area (Å²) in [5.41, 5.74) is 4.91. The lowest BCUT2D eigenvalue weighted by atomic mass is 9.85. The molecule has 0 aromatic heterocycles. The Morgan fingerprint density at radius 1 is 1.24 bits per heavy atom. The highest BCUT2D eigenvalue weighted by Gasteiger charge is 2.49. The summed E-state index contributed by atoms with van der Waals surface area (Å²) >= 11 is 0. The topological polar surface area (TPSA) is 63.4 Å². The van der Waals surface area contributed by atoms with Gasteiger partial charge in [0, 0.05) is 0 Å². The molecule has 0 saturated carbocycles. The van der Waals surface area contributed by atoms with Gasteiger partial charge in [0.25, 0.3) is 5.92 Å². The van der Waals surface area contributed by atoms with Gasteiger partial charge in [-0.2, -0.15) is 0 Å². The van der Waals surface area contributed by atoms with E-state index in [1.807, 2.05) is 12.2 Å². The SMILES string of the molecule is NCC(F)(F)CN1C(=O)C2CC=CCC2C1=O. The summed E-state index contributed by atoms with van der Waals surface area (Å²) in [6.07, 6.45) is 4.55. The highest BCUT2D eigenvalue weighted by atomic mass is 19.3. The smallest absolute Gasteiger partial charge is 0.277 e. The van der Waals surface area contributed by atoms with Crippen molar-refractivity contribution in [3.05, 3.63) is 12.2 Å². The fourth-order valence-corrected chi connectivity index (χ4v) is 2.32. The molecule has 1 saturated heterocycles. The number of carbonyl (C=O) groups excluding carboxylic acids is 2. The average molecular weight is 244 g/mol. The number of likely N-dealkylation sites (tertiary alicyclic amines) is 1. The van der Waals surface area contributed by atoms with Crippen LogP contribution in [0.5, 0.6) is 0 Å². The minimum absolute atomic E-state index is 0.457. The second-order valence-electron chi connectivity index (χ2n) is 4.48. The molecular formula is C11H14F2N2O2. The van der Waals surface area contributed by atoms with E-state index in [-0.39, 0.29) is 0 Å². The molecule has 1 aliphatic heterocycles. The van der Waals surface area contributed by atoms with Crippen LogP contribution in [0.2, 0.25) is 0 Å². The standard InChI is InChI=1S/C11H14F2N2O2/c12-11(13,5-14)6-15-9(16)7-3-1-2-4-8(7)10(15)17/h1-2,7-8H,3-6,14H2. The Labute approximate surface area is 97.4 Å². The number of fused-ring (bicyclic) bond motifs is 1. The summed E-state index contributed by atoms with van der Waals surface area (Å²) in [5.74, 6) is -5.09. The van der Waals surface area contributed by atoms with Crippen molar-refractivity contribution in [2.75, 3.05) is 13.1 Å². The third-order valence-corrected chi connectivity index (χ3v) is 3.29. The molecule has 17 heavy (non-hydrogen) atoms. The number of nitrogens with two attached hydrogens (primary N) is 1. The van der Waals surface area contributed by atoms with E-state index in [4.69, 9.17) is 5.73 Å². The summed E-state index contributed by atoms with van der Waals surface area (Å²) in [5, 5.41) is 0. The quantitative estimate of drug-likeness (QED) is 0.582. The maximum Gasteiger partial charge on any atom is 0.277 e. The molecule has 2 amide bonds. The first-order valence-electron chi connectivity index (χ1n) is 5.54. The van der Waals surface area contributed by atoms with Crippen LogP contribution >= 0.6 is 0 Å². The van der Waals surface area contributed by atoms with E-state index in [1.165, 1.54) is 0 Å². The van der Waals surface area contributed by atoms with Gasteiger partial charge in [0.05, 0.1) is 24.9 Å². The summed E-state index contributed by atoms with van der Waals surface area (Å²) in [6.45, 7) is -1.76. The molecule has 0 spiro atoms. The van der Waals surface area contributed by atoms with E-state index < -0.39 is 42.7 Å². The predicted molar refractivity (Wildman–Crippen MR) is 56.1 cm³/mol. The summed E-state index contributed by atoms with van der Waals surface area (Å²) in [6, 6.07) is 0. The largest absolute Gasteiger partial charge is 0.325 e. The highest BCUT2D eigenvalue weighted by molar-refractivity contribution is 6.05. The number of halogens is 2. The first-order chi connectivity index (χ1) is 7.96. The van der Waals surface area contributed by atoms with E-state index in [2.05, 4.69) is 0 Å². The number of nitrogens with zero attached hydrogens (tertiary/aromatic N) is 1. The van der Waals surface area contributed by atoms with Crippen LogP contribution in [0.25, 0.3) is 0 Å². The van der Waals surface area contributed by atoms with Gasteiger partial charge < -0.3 is 5.73 Å². The van der Waals surface area contributed by atoms with Crippen LogP contribution in [0.4, 0.5) is 8.78 Å². The molecule has 1 heterocycles. The predicted octanol–water partition coefficient (Wildman–Crippen LogP) is 0.532. The molecule has 0 radical (unpaired) electrons. The summed E-state index contributed by atoms with van der Waals surface area (Å²) in [7, 11) is 0. The highest BCUT2D eigenvalue weighted by Crippen LogP contribution is 2.36. The molecule has 2 atom stereocenters. The van der Waals surface area contributed by atoms with Crippen LogP contribution in [-0.2, 0) is 9.59 Å². The lowest BCUT2D eigenvalue weighted by Gasteiger charge is -2.21. The number of imide groups is 1. The van der Waals surface area contributed by atoms with E-state index in [0.717, 1.165) is 0 Å². The Hall–Kier alpha value is -1.30. The van der Waals surface area contributed by atoms with Gasteiger partial charge in [-0.05, 0) is 12.8 Å². The Balaban J connectivity index is 2.16. The van der Waals surface area contributed by atoms with Crippen molar-refractivity contribution in [1.82, 2.24) is 4.90 Å². The lowest BCUT2D eigenvalue weighted by Crippen LogP contribution is -2.44. The van der Waals surface area contributed by atoms with Crippen LogP contribution in [0.3, 0.4) is 0 Å². The summed E-state index contributed by atoms with van der Waals surface area (Å²) < 4.78 is 26.3. The van der Waals surface area contributed by atoms with Gasteiger partial charge in [-0.25, -0.2) is 8.78 Å². The fourth-order valence-electron chi connectivity index (χ4n) is 2.32. The number of allylic oxidation sites excluding steroid dienone is 2. The van der Waals surface area contributed by atoms with Crippen molar-refractivity contribution in [1.29, 1.82) is 0 Å². The molecule has 2 N–H and O–H groups in total. The maximum absolute atomic E-state index is 13.1. The van der Waals surface area contributed by atoms with E-state index >= 15 is 0 Å². The van der Waals surface area contributed by atoms with Crippen molar-refractivity contribution < 1.29 is 18.4 Å². The van der Waals surface area contributed by atoms with Gasteiger partial charge in [0.2, 0.25) is 11.8 Å². The van der Waals surface area contributed by atoms with Gasteiger partial charge in [-0.1, -0.05) is 12.2 Å². The van der Waals surface area contributed by atoms with Crippen molar-refractivity contribution in [3.8, 4) is 0 Å². The normalized spacial score (nSPS) is 28.8. The number of rotatable bonds is 3. The van der Waals surface area contributed by atoms with Crippen molar-refractivity contribution in [2.45, 2.75) is 18.8 Å². The maximum atomic E-state index is 13.1. The Bertz CT molecular complexity index is 356. The van der Waals surface area contributed by atoms with Crippen LogP contribution < -0.4 is 5.73 Å². The van der Waals surface area contributed by atoms with E-state index in [9.17, 15) is 18.4 Å². The monoisotopic (exact) mass is 244 g/mol. The number of hydrogen-bond donors (Lipinski definition) is 1. The molecule has 0 aromatic carbocycles. The molecule has 0 bridgehead atoms. The van der Waals surface area contributed by atoms with Gasteiger partial charge in [0.15, 0.2) is 0 Å². The molecular weight excluding hydrogens is 230 g/mol. The minimum atomic E-state index is -3.20. The fraction of sp³-hybridized carbons (Fsp3) is 0.636. The van der Waals surface area contributed by atoms with Crippen molar-refractivity contribution in [3.63, 3.8) is 0 Å². The van der Waals surface area contributed by atoms with Gasteiger partial charge in [-0.3, -0.25) is 14.5 Å². The number of amides is 2. The number of carbonyl (C=O) groups is 2. The van der Waals surface area contributed by atoms with Crippen LogP contribution in [0.1, 0.15) is 12.8 Å². The van der Waals surface area contributed by atoms with Crippen LogP contribution in [-0.4, -0.2) is 35.7 Å². The third kappa shape index (κ3) is 2.09. The zero-order chi connectivity index (χ0) is 12.6. The molecule has 2 unspecified atom stereocenters. The lowest BCUT2D eigenvalue weighted by molar-refractivity contribution is -0.145. The van der Waals surface area contributed by atoms with Gasteiger partial charge >= 0.3 is 0 Å². The molecule has 94 valence electrons. The van der Waals surface area contributed by atoms with Crippen LogP contribution in [0, 0.1) is 11.8 Å². The molecule has 4 nitrogen and oxygen atoms in total. The number of alkyl halides is 2. The third-order valence-electron chi connectivity index (χ3n) is 3.29. The Kier molecular flexibility index (Phi) is 2.99. The number of hydrogen-bond acceptors (Lipinski definition) is 3. The Morgan fingerprint density at radius 3 is 2.12 bits per heavy atom. The van der Waals surface area contributed by atoms with E-state index in [0.29, 0.717) is 17.7 Å². The molecule has 1 aliphatic carbocycles. The summed E-state index contributed by atoms with van der Waals surface area (Å²) in [4.78, 5) is 24.4. The zero-order valence-corrected chi connectivity index (χ0v) is 9.23. The molecule has 6 heteroatoms. The van der Waals surface area contributed by atoms with Gasteiger partial charge in [0.1, 0.15) is 0 Å². The van der Waals surface area contributed by atoms with Gasteiger partial charge in [-0.15, -0.1) is 0 Å². The first-order valence-corrected chi connectivity index (χ1v) is 5.54. The molecule has 2 rings (SSSR count). The minimum Gasteiger partial charge on any atom is -0.325 e. The second-order valence-corrected chi connectivity index (χ2v) is 4.48. The second kappa shape index (κ2) is 4.18. The zero-order valence-electron chi connectivity index (χ0n) is 9.23. The molecule has 2 aliphatic rings. The molecule has 1 fully saturated rings. The molecule has 0 aromatic rings. The Morgan fingerprint density at radius 2 is 1.71 bits per heavy atom.